The molecule has 2 aromatic heterocycles. The highest BCUT2D eigenvalue weighted by atomic mass is 35.5. The van der Waals surface area contributed by atoms with Crippen molar-refractivity contribution in [1.82, 2.24) is 10.2 Å². The van der Waals surface area contributed by atoms with Crippen molar-refractivity contribution in [3.05, 3.63) is 21.5 Å². The van der Waals surface area contributed by atoms with Crippen molar-refractivity contribution in [3.63, 3.8) is 0 Å². The third-order valence-electron chi connectivity index (χ3n) is 2.17. The van der Waals surface area contributed by atoms with Crippen LogP contribution < -0.4 is 5.73 Å². The molecule has 2 aromatic rings. The molecule has 2 rings (SSSR count). The Kier molecular flexibility index (Phi) is 2.25. The normalized spacial score (nSPS) is 10.8. The van der Waals surface area contributed by atoms with Crippen LogP contribution in [-0.4, -0.2) is 10.2 Å². The summed E-state index contributed by atoms with van der Waals surface area (Å²) in [5, 5.41) is 9.64. The maximum absolute atomic E-state index is 6.15. The molecule has 2 heterocycles. The Morgan fingerprint density at radius 3 is 2.64 bits per heavy atom. The number of aryl methyl sites for hydroxylation is 1. The van der Waals surface area contributed by atoms with Crippen LogP contribution in [0.4, 0.5) is 5.82 Å². The van der Waals surface area contributed by atoms with Gasteiger partial charge in [0, 0.05) is 5.56 Å². The molecule has 0 atom stereocenters. The van der Waals surface area contributed by atoms with E-state index >= 15 is 0 Å². The van der Waals surface area contributed by atoms with Gasteiger partial charge in [-0.15, -0.1) is 11.3 Å². The van der Waals surface area contributed by atoms with E-state index in [4.69, 9.17) is 17.3 Å². The first-order chi connectivity index (χ1) is 6.61. The van der Waals surface area contributed by atoms with Crippen LogP contribution in [0.1, 0.15) is 11.1 Å². The topological polar surface area (TPSA) is 54.7 Å². The molecular formula is C9H10ClN3S. The predicted molar refractivity (Wildman–Crippen MR) is 60.8 cm³/mol. The monoisotopic (exact) mass is 227 g/mol. The minimum Gasteiger partial charge on any atom is -0.382 e. The van der Waals surface area contributed by atoms with Crippen LogP contribution >= 0.6 is 22.9 Å². The summed E-state index contributed by atoms with van der Waals surface area (Å²) < 4.78 is 0. The Morgan fingerprint density at radius 2 is 2.21 bits per heavy atom. The lowest BCUT2D eigenvalue weighted by Gasteiger charge is -1.96. The molecule has 0 amide bonds. The average Bonchev–Trinajstić information content (AvgIpc) is 2.63. The molecule has 5 heteroatoms. The summed E-state index contributed by atoms with van der Waals surface area (Å²) >= 11 is 7.74. The van der Waals surface area contributed by atoms with Crippen LogP contribution in [0.15, 0.2) is 5.38 Å². The van der Waals surface area contributed by atoms with Crippen LogP contribution in [0.3, 0.4) is 0 Å². The summed E-state index contributed by atoms with van der Waals surface area (Å²) in [7, 11) is 0. The fourth-order valence-electron chi connectivity index (χ4n) is 1.23. The van der Waals surface area contributed by atoms with Crippen molar-refractivity contribution in [3.8, 4) is 10.6 Å². The van der Waals surface area contributed by atoms with Crippen molar-refractivity contribution in [2.75, 3.05) is 5.73 Å². The van der Waals surface area contributed by atoms with Crippen LogP contribution in [-0.2, 0) is 0 Å². The van der Waals surface area contributed by atoms with Gasteiger partial charge >= 0.3 is 0 Å². The second kappa shape index (κ2) is 3.29. The number of hydrogen-bond acceptors (Lipinski definition) is 3. The lowest BCUT2D eigenvalue weighted by Crippen LogP contribution is -1.85. The molecule has 0 spiro atoms. The smallest absolute Gasteiger partial charge is 0.148 e. The number of H-pyrrole nitrogens is 1. The van der Waals surface area contributed by atoms with E-state index in [1.54, 1.807) is 11.3 Å². The Hall–Kier alpha value is -1.00. The molecule has 3 nitrogen and oxygen atoms in total. The molecule has 0 bridgehead atoms. The van der Waals surface area contributed by atoms with E-state index in [1.165, 1.54) is 0 Å². The fourth-order valence-corrected chi connectivity index (χ4v) is 2.57. The van der Waals surface area contributed by atoms with Crippen LogP contribution in [0.5, 0.6) is 0 Å². The second-order valence-corrected chi connectivity index (χ2v) is 4.43. The molecule has 14 heavy (non-hydrogen) atoms. The van der Waals surface area contributed by atoms with Gasteiger partial charge in [-0.3, -0.25) is 5.10 Å². The number of halogens is 1. The van der Waals surface area contributed by atoms with Crippen molar-refractivity contribution in [2.24, 2.45) is 0 Å². The molecule has 0 aliphatic carbocycles. The Labute approximate surface area is 90.9 Å². The molecular weight excluding hydrogens is 218 g/mol. The van der Waals surface area contributed by atoms with Gasteiger partial charge in [-0.05, 0) is 24.8 Å². The predicted octanol–water partition coefficient (Wildman–Crippen LogP) is 2.99. The number of anilines is 1. The minimum absolute atomic E-state index is 0.530. The number of aromatic amines is 1. The fraction of sp³-hybridized carbons (Fsp3) is 0.222. The lowest BCUT2D eigenvalue weighted by atomic mass is 10.2. The summed E-state index contributed by atoms with van der Waals surface area (Å²) in [6.45, 7) is 3.91. The molecule has 0 aromatic carbocycles. The van der Waals surface area contributed by atoms with Gasteiger partial charge in [0.25, 0.3) is 0 Å². The SMILES string of the molecule is Cc1csc(-c2[nH]nc(N)c2C)c1Cl. The van der Waals surface area contributed by atoms with Gasteiger partial charge < -0.3 is 5.73 Å². The van der Waals surface area contributed by atoms with E-state index in [0.29, 0.717) is 5.82 Å². The number of hydrogen-bond donors (Lipinski definition) is 2. The Bertz CT molecular complexity index is 428. The van der Waals surface area contributed by atoms with E-state index in [2.05, 4.69) is 10.2 Å². The highest BCUT2D eigenvalue weighted by Crippen LogP contribution is 2.37. The van der Waals surface area contributed by atoms with Crippen molar-refractivity contribution in [1.29, 1.82) is 0 Å². The average molecular weight is 228 g/mol. The Balaban J connectivity index is 2.60. The van der Waals surface area contributed by atoms with Gasteiger partial charge in [-0.2, -0.15) is 5.10 Å². The third kappa shape index (κ3) is 1.31. The van der Waals surface area contributed by atoms with Gasteiger partial charge in [0.15, 0.2) is 0 Å². The number of thiophene rings is 1. The molecule has 0 radical (unpaired) electrons. The number of aromatic nitrogens is 2. The van der Waals surface area contributed by atoms with Gasteiger partial charge in [0.2, 0.25) is 0 Å². The van der Waals surface area contributed by atoms with Crippen LogP contribution in [0.2, 0.25) is 5.02 Å². The molecule has 0 aliphatic rings. The van der Waals surface area contributed by atoms with E-state index in [0.717, 1.165) is 26.7 Å². The number of nitrogen functional groups attached to an aromatic ring is 1. The molecule has 0 fully saturated rings. The number of nitrogens with two attached hydrogens (primary N) is 1. The summed E-state index contributed by atoms with van der Waals surface area (Å²) in [5.41, 5.74) is 8.61. The zero-order valence-electron chi connectivity index (χ0n) is 7.89. The standard InChI is InChI=1S/C9H10ClN3S/c1-4-3-14-8(6(4)10)7-5(2)9(11)13-12-7/h3H,1-2H3,(H3,11,12,13). The molecule has 3 N–H and O–H groups in total. The van der Waals surface area contributed by atoms with Gasteiger partial charge in [0.05, 0.1) is 15.6 Å². The lowest BCUT2D eigenvalue weighted by molar-refractivity contribution is 1.11. The second-order valence-electron chi connectivity index (χ2n) is 3.17. The summed E-state index contributed by atoms with van der Waals surface area (Å²) in [5.74, 6) is 0.530. The zero-order chi connectivity index (χ0) is 10.3. The first kappa shape index (κ1) is 9.55. The van der Waals surface area contributed by atoms with Gasteiger partial charge in [-0.1, -0.05) is 11.6 Å². The molecule has 0 unspecified atom stereocenters. The Morgan fingerprint density at radius 1 is 1.50 bits per heavy atom. The quantitative estimate of drug-likeness (QED) is 0.787. The molecule has 0 saturated heterocycles. The first-order valence-electron chi connectivity index (χ1n) is 4.15. The number of nitrogens with one attached hydrogen (secondary N) is 1. The summed E-state index contributed by atoms with van der Waals surface area (Å²) in [6, 6.07) is 0. The van der Waals surface area contributed by atoms with Crippen molar-refractivity contribution >= 4 is 28.8 Å². The third-order valence-corrected chi connectivity index (χ3v) is 3.89. The van der Waals surface area contributed by atoms with Gasteiger partial charge in [-0.25, -0.2) is 0 Å². The van der Waals surface area contributed by atoms with Crippen LogP contribution in [0, 0.1) is 13.8 Å². The number of nitrogens with zero attached hydrogens (tertiary/aromatic N) is 1. The highest BCUT2D eigenvalue weighted by molar-refractivity contribution is 7.14. The van der Waals surface area contributed by atoms with E-state index in [9.17, 15) is 0 Å². The molecule has 0 saturated carbocycles. The van der Waals surface area contributed by atoms with Crippen molar-refractivity contribution < 1.29 is 0 Å². The maximum atomic E-state index is 6.15. The van der Waals surface area contributed by atoms with Gasteiger partial charge in [0.1, 0.15) is 5.82 Å². The van der Waals surface area contributed by atoms with Crippen LogP contribution in [0.25, 0.3) is 10.6 Å². The van der Waals surface area contributed by atoms with E-state index < -0.39 is 0 Å². The van der Waals surface area contributed by atoms with E-state index in [1.807, 2.05) is 19.2 Å². The minimum atomic E-state index is 0.530. The maximum Gasteiger partial charge on any atom is 0.148 e. The summed E-state index contributed by atoms with van der Waals surface area (Å²) in [4.78, 5) is 1.01. The highest BCUT2D eigenvalue weighted by Gasteiger charge is 2.14. The van der Waals surface area contributed by atoms with E-state index in [-0.39, 0.29) is 0 Å². The van der Waals surface area contributed by atoms with Crippen molar-refractivity contribution in [2.45, 2.75) is 13.8 Å². The number of rotatable bonds is 1. The molecule has 0 aliphatic heterocycles. The summed E-state index contributed by atoms with van der Waals surface area (Å²) in [6.07, 6.45) is 0. The largest absolute Gasteiger partial charge is 0.382 e. The first-order valence-corrected chi connectivity index (χ1v) is 5.41. The molecule has 74 valence electrons. The zero-order valence-corrected chi connectivity index (χ0v) is 9.46.